The van der Waals surface area contributed by atoms with Gasteiger partial charge in [0.1, 0.15) is 11.5 Å². The fraction of sp³-hybridized carbons (Fsp3) is 0.235. The lowest BCUT2D eigenvalue weighted by Crippen LogP contribution is -2.34. The van der Waals surface area contributed by atoms with E-state index in [1.807, 2.05) is 55.6 Å². The quantitative estimate of drug-likeness (QED) is 0.458. The zero-order valence-corrected chi connectivity index (χ0v) is 15.4. The lowest BCUT2D eigenvalue weighted by molar-refractivity contribution is 0.475. The summed E-state index contributed by atoms with van der Waals surface area (Å²) in [7, 11) is 3.58. The molecule has 0 aliphatic heterocycles. The maximum absolute atomic E-state index is 5.96. The molecule has 0 aliphatic carbocycles. The van der Waals surface area contributed by atoms with E-state index in [-0.39, 0.29) is 24.0 Å². The molecule has 2 aromatic rings. The number of ether oxygens (including phenoxy) is 1. The molecule has 0 aliphatic rings. The van der Waals surface area contributed by atoms with Gasteiger partial charge in [-0.05, 0) is 25.1 Å². The van der Waals surface area contributed by atoms with Crippen molar-refractivity contribution < 1.29 is 4.74 Å². The molecule has 5 heteroatoms. The van der Waals surface area contributed by atoms with Crippen LogP contribution in [0.5, 0.6) is 11.5 Å². The molecule has 0 unspecified atom stereocenters. The van der Waals surface area contributed by atoms with E-state index in [1.165, 1.54) is 5.56 Å². The van der Waals surface area contributed by atoms with Gasteiger partial charge in [0.05, 0.1) is 0 Å². The summed E-state index contributed by atoms with van der Waals surface area (Å²) in [4.78, 5) is 4.10. The number of nitrogens with zero attached hydrogens (tertiary/aromatic N) is 1. The van der Waals surface area contributed by atoms with Crippen molar-refractivity contribution in [1.29, 1.82) is 0 Å². The number of rotatable bonds is 4. The van der Waals surface area contributed by atoms with Crippen molar-refractivity contribution in [1.82, 2.24) is 10.6 Å². The molecule has 0 amide bonds. The number of nitrogens with one attached hydrogen (secondary N) is 2. The molecule has 2 aromatic carbocycles. The Balaban J connectivity index is 0.00000242. The predicted octanol–water partition coefficient (Wildman–Crippen LogP) is 3.70. The molecule has 2 rings (SSSR count). The summed E-state index contributed by atoms with van der Waals surface area (Å²) in [5.41, 5.74) is 2.30. The Morgan fingerprint density at radius 2 is 1.77 bits per heavy atom. The second-order valence-corrected chi connectivity index (χ2v) is 4.70. The summed E-state index contributed by atoms with van der Waals surface area (Å²) in [6, 6.07) is 16.0. The summed E-state index contributed by atoms with van der Waals surface area (Å²) in [6.45, 7) is 2.71. The molecular formula is C17H22IN3O. The molecule has 118 valence electrons. The molecule has 22 heavy (non-hydrogen) atoms. The van der Waals surface area contributed by atoms with Gasteiger partial charge in [-0.3, -0.25) is 4.99 Å². The summed E-state index contributed by atoms with van der Waals surface area (Å²) in [6.07, 6.45) is 0. The average molecular weight is 411 g/mol. The molecule has 0 aromatic heterocycles. The number of benzene rings is 2. The topological polar surface area (TPSA) is 45.7 Å². The zero-order chi connectivity index (χ0) is 15.1. The van der Waals surface area contributed by atoms with Gasteiger partial charge < -0.3 is 15.4 Å². The molecule has 0 radical (unpaired) electrons. The molecular weight excluding hydrogens is 389 g/mol. The van der Waals surface area contributed by atoms with Crippen molar-refractivity contribution in [2.24, 2.45) is 4.99 Å². The van der Waals surface area contributed by atoms with Crippen LogP contribution in [0.15, 0.2) is 53.5 Å². The Morgan fingerprint density at radius 3 is 2.41 bits per heavy atom. The normalized spacial score (nSPS) is 10.6. The van der Waals surface area contributed by atoms with Crippen LogP contribution in [-0.2, 0) is 6.54 Å². The molecule has 0 atom stereocenters. The molecule has 0 fully saturated rings. The molecule has 4 nitrogen and oxygen atoms in total. The van der Waals surface area contributed by atoms with Crippen LogP contribution in [-0.4, -0.2) is 20.1 Å². The van der Waals surface area contributed by atoms with Gasteiger partial charge in [0, 0.05) is 26.2 Å². The molecule has 2 N–H and O–H groups in total. The molecule has 0 bridgehead atoms. The van der Waals surface area contributed by atoms with Crippen LogP contribution in [0.25, 0.3) is 0 Å². The zero-order valence-electron chi connectivity index (χ0n) is 13.1. The van der Waals surface area contributed by atoms with Crippen LogP contribution in [0.4, 0.5) is 0 Å². The second kappa shape index (κ2) is 9.30. The standard InChI is InChI=1S/C17H21N3O.HI/c1-13-8-10-15(11-9-13)21-16-7-5-4-6-14(16)12-20-17(18-2)19-3;/h4-11H,12H2,1-3H3,(H2,18,19,20);1H. The summed E-state index contributed by atoms with van der Waals surface area (Å²) >= 11 is 0. The molecule has 0 heterocycles. The highest BCUT2D eigenvalue weighted by atomic mass is 127. The van der Waals surface area contributed by atoms with Crippen LogP contribution >= 0.6 is 24.0 Å². The maximum atomic E-state index is 5.96. The van der Waals surface area contributed by atoms with E-state index < -0.39 is 0 Å². The Bertz CT molecular complexity index is 612. The minimum absolute atomic E-state index is 0. The number of aliphatic imine (C=N–C) groups is 1. The minimum Gasteiger partial charge on any atom is -0.457 e. The number of hydrogen-bond acceptors (Lipinski definition) is 2. The third-order valence-electron chi connectivity index (χ3n) is 3.13. The van der Waals surface area contributed by atoms with E-state index in [0.717, 1.165) is 23.0 Å². The highest BCUT2D eigenvalue weighted by molar-refractivity contribution is 14.0. The van der Waals surface area contributed by atoms with E-state index in [0.29, 0.717) is 6.54 Å². The van der Waals surface area contributed by atoms with Crippen LogP contribution in [0.2, 0.25) is 0 Å². The Morgan fingerprint density at radius 1 is 1.09 bits per heavy atom. The van der Waals surface area contributed by atoms with Crippen molar-refractivity contribution in [3.05, 3.63) is 59.7 Å². The predicted molar refractivity (Wildman–Crippen MR) is 102 cm³/mol. The highest BCUT2D eigenvalue weighted by Gasteiger charge is 2.05. The molecule has 0 spiro atoms. The minimum atomic E-state index is 0. The summed E-state index contributed by atoms with van der Waals surface area (Å²) in [5, 5.41) is 6.22. The van der Waals surface area contributed by atoms with Gasteiger partial charge in [-0.1, -0.05) is 35.9 Å². The van der Waals surface area contributed by atoms with Gasteiger partial charge in [0.25, 0.3) is 0 Å². The van der Waals surface area contributed by atoms with Crippen molar-refractivity contribution in [3.63, 3.8) is 0 Å². The first-order valence-corrected chi connectivity index (χ1v) is 6.93. The van der Waals surface area contributed by atoms with Gasteiger partial charge in [-0.15, -0.1) is 24.0 Å². The first-order chi connectivity index (χ1) is 10.2. The summed E-state index contributed by atoms with van der Waals surface area (Å²) < 4.78 is 5.96. The molecule has 0 saturated heterocycles. The fourth-order valence-electron chi connectivity index (χ4n) is 1.94. The van der Waals surface area contributed by atoms with E-state index in [4.69, 9.17) is 4.74 Å². The maximum Gasteiger partial charge on any atom is 0.190 e. The van der Waals surface area contributed by atoms with E-state index in [2.05, 4.69) is 22.5 Å². The van der Waals surface area contributed by atoms with Crippen molar-refractivity contribution in [3.8, 4) is 11.5 Å². The first-order valence-electron chi connectivity index (χ1n) is 6.93. The number of guanidine groups is 1. The van der Waals surface area contributed by atoms with Gasteiger partial charge in [-0.2, -0.15) is 0 Å². The number of aryl methyl sites for hydroxylation is 1. The second-order valence-electron chi connectivity index (χ2n) is 4.70. The van der Waals surface area contributed by atoms with Gasteiger partial charge in [0.2, 0.25) is 0 Å². The highest BCUT2D eigenvalue weighted by Crippen LogP contribution is 2.25. The number of halogens is 1. The average Bonchev–Trinajstić information content (AvgIpc) is 2.52. The van der Waals surface area contributed by atoms with Crippen molar-refractivity contribution in [2.75, 3.05) is 14.1 Å². The van der Waals surface area contributed by atoms with Gasteiger partial charge >= 0.3 is 0 Å². The third kappa shape index (κ3) is 5.22. The van der Waals surface area contributed by atoms with Crippen LogP contribution in [0, 0.1) is 6.92 Å². The smallest absolute Gasteiger partial charge is 0.190 e. The Labute approximate surface area is 149 Å². The van der Waals surface area contributed by atoms with Crippen LogP contribution < -0.4 is 15.4 Å². The lowest BCUT2D eigenvalue weighted by Gasteiger charge is -2.13. The monoisotopic (exact) mass is 411 g/mol. The van der Waals surface area contributed by atoms with Crippen LogP contribution in [0.1, 0.15) is 11.1 Å². The number of para-hydroxylation sites is 1. The largest absolute Gasteiger partial charge is 0.457 e. The van der Waals surface area contributed by atoms with Crippen molar-refractivity contribution in [2.45, 2.75) is 13.5 Å². The van der Waals surface area contributed by atoms with Gasteiger partial charge in [0.15, 0.2) is 5.96 Å². The fourth-order valence-corrected chi connectivity index (χ4v) is 1.94. The van der Waals surface area contributed by atoms with E-state index in [9.17, 15) is 0 Å². The van der Waals surface area contributed by atoms with Crippen molar-refractivity contribution >= 4 is 29.9 Å². The Hall–Kier alpha value is -1.76. The number of hydrogen-bond donors (Lipinski definition) is 2. The Kier molecular flexibility index (Phi) is 7.73. The van der Waals surface area contributed by atoms with E-state index in [1.54, 1.807) is 7.05 Å². The van der Waals surface area contributed by atoms with E-state index >= 15 is 0 Å². The molecule has 0 saturated carbocycles. The first kappa shape index (κ1) is 18.3. The third-order valence-corrected chi connectivity index (χ3v) is 3.13. The van der Waals surface area contributed by atoms with Crippen LogP contribution in [0.3, 0.4) is 0 Å². The lowest BCUT2D eigenvalue weighted by atomic mass is 10.2. The SMILES string of the molecule is CN=C(NC)NCc1ccccc1Oc1ccc(C)cc1.I. The van der Waals surface area contributed by atoms with Gasteiger partial charge in [-0.25, -0.2) is 0 Å². The summed E-state index contributed by atoms with van der Waals surface area (Å²) in [5.74, 6) is 2.44.